The Kier molecular flexibility index (Phi) is 4.88. The highest BCUT2D eigenvalue weighted by atomic mass is 16.6. The molecule has 1 aliphatic heterocycles. The minimum absolute atomic E-state index is 0.131. The number of nitrogens with zero attached hydrogens (tertiary/aromatic N) is 4. The molecule has 6 nitrogen and oxygen atoms in total. The van der Waals surface area contributed by atoms with Crippen molar-refractivity contribution in [2.75, 3.05) is 25.0 Å². The zero-order chi connectivity index (χ0) is 16.3. The molecule has 0 N–H and O–H groups in total. The number of hydrogen-bond donors (Lipinski definition) is 0. The van der Waals surface area contributed by atoms with E-state index in [-0.39, 0.29) is 12.1 Å². The van der Waals surface area contributed by atoms with E-state index in [0.717, 1.165) is 37.4 Å². The number of carbonyl (C=O) groups excluding carboxylic acids is 1. The zero-order valence-electron chi connectivity index (χ0n) is 14.2. The molecule has 0 aliphatic carbocycles. The van der Waals surface area contributed by atoms with Gasteiger partial charge in [0.05, 0.1) is 11.7 Å². The summed E-state index contributed by atoms with van der Waals surface area (Å²) in [6, 6.07) is 4.08. The monoisotopic (exact) mass is 306 g/mol. The molecular formula is C16H26N4O2. The van der Waals surface area contributed by atoms with Crippen molar-refractivity contribution in [1.29, 1.82) is 0 Å². The number of hydrogen-bond acceptors (Lipinski definition) is 5. The fourth-order valence-corrected chi connectivity index (χ4v) is 2.52. The van der Waals surface area contributed by atoms with Gasteiger partial charge in [-0.3, -0.25) is 0 Å². The van der Waals surface area contributed by atoms with Gasteiger partial charge >= 0.3 is 6.09 Å². The third kappa shape index (κ3) is 4.32. The fourth-order valence-electron chi connectivity index (χ4n) is 2.52. The van der Waals surface area contributed by atoms with Gasteiger partial charge in [-0.15, -0.1) is 5.10 Å². The molecule has 2 heterocycles. The quantitative estimate of drug-likeness (QED) is 0.840. The van der Waals surface area contributed by atoms with Crippen molar-refractivity contribution < 1.29 is 9.53 Å². The molecule has 1 atom stereocenters. The van der Waals surface area contributed by atoms with E-state index >= 15 is 0 Å². The predicted molar refractivity (Wildman–Crippen MR) is 86.0 cm³/mol. The number of anilines is 1. The lowest BCUT2D eigenvalue weighted by Crippen LogP contribution is -2.50. The lowest BCUT2D eigenvalue weighted by atomic mass is 10.0. The molecule has 1 amide bonds. The second-order valence-electron chi connectivity index (χ2n) is 6.87. The highest BCUT2D eigenvalue weighted by Gasteiger charge is 2.29. The molecule has 1 aliphatic rings. The molecule has 1 saturated heterocycles. The van der Waals surface area contributed by atoms with Gasteiger partial charge in [0.1, 0.15) is 5.60 Å². The maximum absolute atomic E-state index is 12.2. The van der Waals surface area contributed by atoms with Crippen molar-refractivity contribution in [3.8, 4) is 0 Å². The number of rotatable bonds is 2. The Morgan fingerprint density at radius 3 is 2.68 bits per heavy atom. The third-order valence-electron chi connectivity index (χ3n) is 3.73. The summed E-state index contributed by atoms with van der Waals surface area (Å²) >= 11 is 0. The van der Waals surface area contributed by atoms with Crippen LogP contribution in [0.1, 0.15) is 39.3 Å². The van der Waals surface area contributed by atoms with Gasteiger partial charge in [-0.1, -0.05) is 0 Å². The van der Waals surface area contributed by atoms with Crippen LogP contribution in [0.15, 0.2) is 12.1 Å². The van der Waals surface area contributed by atoms with Crippen LogP contribution >= 0.6 is 0 Å². The van der Waals surface area contributed by atoms with E-state index in [9.17, 15) is 4.79 Å². The largest absolute Gasteiger partial charge is 0.444 e. The van der Waals surface area contributed by atoms with E-state index in [0.29, 0.717) is 0 Å². The van der Waals surface area contributed by atoms with Crippen molar-refractivity contribution in [3.05, 3.63) is 17.8 Å². The highest BCUT2D eigenvalue weighted by Crippen LogP contribution is 2.21. The average Bonchev–Trinajstić information content (AvgIpc) is 2.45. The van der Waals surface area contributed by atoms with E-state index in [1.165, 1.54) is 0 Å². The van der Waals surface area contributed by atoms with Crippen LogP contribution in [0, 0.1) is 6.92 Å². The molecule has 1 fully saturated rings. The summed E-state index contributed by atoms with van der Waals surface area (Å²) in [6.45, 7) is 9.27. The first-order valence-corrected chi connectivity index (χ1v) is 7.77. The molecule has 1 aromatic rings. The molecule has 2 rings (SSSR count). The minimum atomic E-state index is -0.470. The van der Waals surface area contributed by atoms with E-state index in [1.807, 2.05) is 46.9 Å². The first kappa shape index (κ1) is 16.5. The summed E-state index contributed by atoms with van der Waals surface area (Å²) in [6.07, 6.45) is 1.73. The molecule has 6 heteroatoms. The normalized spacial score (nSPS) is 19.0. The van der Waals surface area contributed by atoms with Crippen LogP contribution in [0.25, 0.3) is 0 Å². The average molecular weight is 306 g/mol. The summed E-state index contributed by atoms with van der Waals surface area (Å²) in [5.74, 6) is 0.868. The van der Waals surface area contributed by atoms with Crippen molar-refractivity contribution in [2.45, 2.75) is 52.2 Å². The van der Waals surface area contributed by atoms with Crippen LogP contribution in [-0.4, -0.2) is 53.0 Å². The number of amides is 1. The topological polar surface area (TPSA) is 58.6 Å². The molecule has 1 aromatic heterocycles. The molecular weight excluding hydrogens is 280 g/mol. The Morgan fingerprint density at radius 2 is 2.09 bits per heavy atom. The smallest absolute Gasteiger partial charge is 0.410 e. The second kappa shape index (κ2) is 6.50. The number of likely N-dealkylation sites (N-methyl/N-ethyl adjacent to an activating group) is 1. The van der Waals surface area contributed by atoms with Gasteiger partial charge in [0.2, 0.25) is 0 Å². The second-order valence-corrected chi connectivity index (χ2v) is 6.87. The first-order chi connectivity index (χ1) is 10.3. The van der Waals surface area contributed by atoms with Gasteiger partial charge in [0.25, 0.3) is 0 Å². The van der Waals surface area contributed by atoms with Crippen LogP contribution in [-0.2, 0) is 4.74 Å². The zero-order valence-corrected chi connectivity index (χ0v) is 14.2. The van der Waals surface area contributed by atoms with Gasteiger partial charge in [-0.05, 0) is 52.7 Å². The SMILES string of the molecule is Cc1ccc(N2CCCC(N(C)C(=O)OC(C)(C)C)C2)nn1. The van der Waals surface area contributed by atoms with Crippen molar-refractivity contribution >= 4 is 11.9 Å². The van der Waals surface area contributed by atoms with Gasteiger partial charge in [0, 0.05) is 20.1 Å². The maximum Gasteiger partial charge on any atom is 0.410 e. The molecule has 0 saturated carbocycles. The molecule has 122 valence electrons. The minimum Gasteiger partial charge on any atom is -0.444 e. The standard InChI is InChI=1S/C16H26N4O2/c1-12-8-9-14(18-17-12)20-10-6-7-13(11-20)19(5)15(21)22-16(2,3)4/h8-9,13H,6-7,10-11H2,1-5H3. The number of piperidine rings is 1. The van der Waals surface area contributed by atoms with Gasteiger partial charge in [-0.25, -0.2) is 4.79 Å². The number of aromatic nitrogens is 2. The summed E-state index contributed by atoms with van der Waals surface area (Å²) in [7, 11) is 1.81. The van der Waals surface area contributed by atoms with E-state index in [1.54, 1.807) is 4.90 Å². The van der Waals surface area contributed by atoms with Gasteiger partial charge < -0.3 is 14.5 Å². The molecule has 1 unspecified atom stereocenters. The third-order valence-corrected chi connectivity index (χ3v) is 3.73. The number of ether oxygens (including phenoxy) is 1. The Hall–Kier alpha value is -1.85. The van der Waals surface area contributed by atoms with Crippen LogP contribution in [0.4, 0.5) is 10.6 Å². The molecule has 0 aromatic carbocycles. The van der Waals surface area contributed by atoms with Crippen LogP contribution in [0.5, 0.6) is 0 Å². The van der Waals surface area contributed by atoms with Crippen LogP contribution in [0.2, 0.25) is 0 Å². The van der Waals surface area contributed by atoms with E-state index < -0.39 is 5.60 Å². The number of aryl methyl sites for hydroxylation is 1. The Balaban J connectivity index is 2.00. The van der Waals surface area contributed by atoms with Gasteiger partial charge in [0.15, 0.2) is 5.82 Å². The van der Waals surface area contributed by atoms with Crippen LogP contribution < -0.4 is 4.90 Å². The molecule has 22 heavy (non-hydrogen) atoms. The molecule has 0 spiro atoms. The van der Waals surface area contributed by atoms with Crippen molar-refractivity contribution in [3.63, 3.8) is 0 Å². The molecule has 0 radical (unpaired) electrons. The van der Waals surface area contributed by atoms with Crippen LogP contribution in [0.3, 0.4) is 0 Å². The summed E-state index contributed by atoms with van der Waals surface area (Å²) in [5, 5.41) is 8.35. The van der Waals surface area contributed by atoms with Crippen molar-refractivity contribution in [2.24, 2.45) is 0 Å². The Bertz CT molecular complexity index is 510. The predicted octanol–water partition coefficient (Wildman–Crippen LogP) is 2.62. The lowest BCUT2D eigenvalue weighted by Gasteiger charge is -2.38. The maximum atomic E-state index is 12.2. The van der Waals surface area contributed by atoms with E-state index in [2.05, 4.69) is 15.1 Å². The van der Waals surface area contributed by atoms with E-state index in [4.69, 9.17) is 4.74 Å². The lowest BCUT2D eigenvalue weighted by molar-refractivity contribution is 0.0209. The first-order valence-electron chi connectivity index (χ1n) is 7.77. The summed E-state index contributed by atoms with van der Waals surface area (Å²) in [4.78, 5) is 16.1. The number of carbonyl (C=O) groups is 1. The summed E-state index contributed by atoms with van der Waals surface area (Å²) < 4.78 is 5.45. The molecule has 0 bridgehead atoms. The fraction of sp³-hybridized carbons (Fsp3) is 0.688. The van der Waals surface area contributed by atoms with Crippen molar-refractivity contribution in [1.82, 2.24) is 15.1 Å². The van der Waals surface area contributed by atoms with Gasteiger partial charge in [-0.2, -0.15) is 5.10 Å². The highest BCUT2D eigenvalue weighted by molar-refractivity contribution is 5.68. The summed E-state index contributed by atoms with van der Waals surface area (Å²) in [5.41, 5.74) is 0.436. The Morgan fingerprint density at radius 1 is 1.36 bits per heavy atom. The Labute approximate surface area is 132 Å².